The molecule has 0 radical (unpaired) electrons. The van der Waals surface area contributed by atoms with Gasteiger partial charge in [0.05, 0.1) is 17.0 Å². The number of benzene rings is 2. The van der Waals surface area contributed by atoms with Gasteiger partial charge < -0.3 is 5.32 Å². The first-order valence-electron chi connectivity index (χ1n) is 8.37. The summed E-state index contributed by atoms with van der Waals surface area (Å²) in [5.41, 5.74) is 2.67. The van der Waals surface area contributed by atoms with Crippen molar-refractivity contribution in [1.82, 2.24) is 10.3 Å². The molecule has 0 unspecified atom stereocenters. The number of carbonyl (C=O) groups excluding carboxylic acids is 1. The summed E-state index contributed by atoms with van der Waals surface area (Å²) in [5.74, 6) is -0.182. The minimum absolute atomic E-state index is 0.0744. The Bertz CT molecular complexity index is 1060. The molecule has 0 atom stereocenters. The summed E-state index contributed by atoms with van der Waals surface area (Å²) >= 11 is 6.91. The first kappa shape index (κ1) is 20.3. The summed E-state index contributed by atoms with van der Waals surface area (Å²) in [6.07, 6.45) is 0.0744. The van der Waals surface area contributed by atoms with Crippen LogP contribution in [-0.2, 0) is 27.8 Å². The van der Waals surface area contributed by atoms with Crippen LogP contribution in [0.15, 0.2) is 58.8 Å². The molecule has 0 bridgehead atoms. The van der Waals surface area contributed by atoms with Crippen molar-refractivity contribution in [2.45, 2.75) is 24.8 Å². The monoisotopic (exact) mass is 435 g/mol. The highest BCUT2D eigenvalue weighted by molar-refractivity contribution is 7.93. The van der Waals surface area contributed by atoms with Crippen LogP contribution in [0.5, 0.6) is 0 Å². The second-order valence-corrected chi connectivity index (χ2v) is 9.12. The molecule has 0 saturated carbocycles. The molecule has 1 aromatic heterocycles. The van der Waals surface area contributed by atoms with Gasteiger partial charge in [0, 0.05) is 16.9 Å². The van der Waals surface area contributed by atoms with Gasteiger partial charge in [-0.05, 0) is 36.8 Å². The zero-order valence-corrected chi connectivity index (χ0v) is 17.4. The first-order chi connectivity index (χ1) is 13.3. The number of amides is 1. The van der Waals surface area contributed by atoms with E-state index in [-0.39, 0.29) is 22.4 Å². The lowest BCUT2D eigenvalue weighted by molar-refractivity contribution is -0.120. The van der Waals surface area contributed by atoms with E-state index in [0.29, 0.717) is 17.3 Å². The maximum absolute atomic E-state index is 12.4. The van der Waals surface area contributed by atoms with Gasteiger partial charge in [-0.25, -0.2) is 13.4 Å². The number of rotatable bonds is 7. The van der Waals surface area contributed by atoms with E-state index in [0.717, 1.165) is 22.5 Å². The highest BCUT2D eigenvalue weighted by Crippen LogP contribution is 2.21. The number of nitrogens with one attached hydrogen (secondary N) is 2. The van der Waals surface area contributed by atoms with Gasteiger partial charge in [-0.1, -0.05) is 41.4 Å². The molecule has 0 aliphatic rings. The van der Waals surface area contributed by atoms with E-state index in [1.54, 1.807) is 5.38 Å². The molecule has 0 saturated heterocycles. The highest BCUT2D eigenvalue weighted by atomic mass is 35.5. The second kappa shape index (κ2) is 8.72. The van der Waals surface area contributed by atoms with Crippen molar-refractivity contribution in [2.75, 3.05) is 4.72 Å². The van der Waals surface area contributed by atoms with Gasteiger partial charge in [-0.2, -0.15) is 0 Å². The van der Waals surface area contributed by atoms with E-state index in [2.05, 4.69) is 15.0 Å². The lowest BCUT2D eigenvalue weighted by Gasteiger charge is -2.05. The van der Waals surface area contributed by atoms with E-state index in [4.69, 9.17) is 11.6 Å². The van der Waals surface area contributed by atoms with Crippen LogP contribution in [0.25, 0.3) is 0 Å². The molecule has 0 fully saturated rings. The van der Waals surface area contributed by atoms with E-state index in [9.17, 15) is 13.2 Å². The quantitative estimate of drug-likeness (QED) is 0.591. The van der Waals surface area contributed by atoms with Crippen LogP contribution < -0.4 is 10.0 Å². The zero-order chi connectivity index (χ0) is 20.1. The number of hydrogen-bond donors (Lipinski definition) is 2. The SMILES string of the molecule is Cc1ccc(CNC(=O)Cc2csc(NS(=O)(=O)c3ccc(Cl)cc3)n2)cc1. The smallest absolute Gasteiger partial charge is 0.263 e. The predicted octanol–water partition coefficient (Wildman–Crippen LogP) is 3.76. The molecule has 6 nitrogen and oxygen atoms in total. The normalized spacial score (nSPS) is 11.2. The van der Waals surface area contributed by atoms with Crippen LogP contribution in [0.1, 0.15) is 16.8 Å². The van der Waals surface area contributed by atoms with Crippen LogP contribution in [0.3, 0.4) is 0 Å². The largest absolute Gasteiger partial charge is 0.352 e. The Labute approximate surface area is 172 Å². The Morgan fingerprint density at radius 3 is 2.46 bits per heavy atom. The Morgan fingerprint density at radius 2 is 1.79 bits per heavy atom. The van der Waals surface area contributed by atoms with Crippen molar-refractivity contribution < 1.29 is 13.2 Å². The number of halogens is 1. The number of thiazole rings is 1. The lowest BCUT2D eigenvalue weighted by Crippen LogP contribution is -2.24. The fraction of sp³-hybridized carbons (Fsp3) is 0.158. The molecule has 0 aliphatic heterocycles. The Morgan fingerprint density at radius 1 is 1.11 bits per heavy atom. The average molecular weight is 436 g/mol. The maximum Gasteiger partial charge on any atom is 0.263 e. The Kier molecular flexibility index (Phi) is 6.33. The number of nitrogens with zero attached hydrogens (tertiary/aromatic N) is 1. The van der Waals surface area contributed by atoms with Gasteiger partial charge in [-0.15, -0.1) is 11.3 Å². The van der Waals surface area contributed by atoms with Crippen molar-refractivity contribution in [3.8, 4) is 0 Å². The fourth-order valence-corrected chi connectivity index (χ4v) is 4.45. The molecular formula is C19H18ClN3O3S2. The molecular weight excluding hydrogens is 418 g/mol. The summed E-state index contributed by atoms with van der Waals surface area (Å²) in [4.78, 5) is 16.4. The van der Waals surface area contributed by atoms with Crippen LogP contribution in [0.2, 0.25) is 5.02 Å². The van der Waals surface area contributed by atoms with Gasteiger partial charge in [0.15, 0.2) is 5.13 Å². The van der Waals surface area contributed by atoms with Gasteiger partial charge >= 0.3 is 0 Å². The highest BCUT2D eigenvalue weighted by Gasteiger charge is 2.16. The summed E-state index contributed by atoms with van der Waals surface area (Å²) in [7, 11) is -3.76. The molecule has 28 heavy (non-hydrogen) atoms. The molecule has 146 valence electrons. The fourth-order valence-electron chi connectivity index (χ4n) is 2.36. The number of aryl methyl sites for hydroxylation is 1. The molecule has 2 aromatic carbocycles. The van der Waals surface area contributed by atoms with Crippen LogP contribution in [-0.4, -0.2) is 19.3 Å². The third-order valence-corrected chi connectivity index (χ3v) is 6.39. The van der Waals surface area contributed by atoms with Crippen molar-refractivity contribution in [2.24, 2.45) is 0 Å². The zero-order valence-electron chi connectivity index (χ0n) is 15.0. The topological polar surface area (TPSA) is 88.2 Å². The van der Waals surface area contributed by atoms with E-state index in [1.807, 2.05) is 31.2 Å². The Hall–Kier alpha value is -2.42. The summed E-state index contributed by atoms with van der Waals surface area (Å²) < 4.78 is 27.1. The van der Waals surface area contributed by atoms with Crippen LogP contribution in [0.4, 0.5) is 5.13 Å². The molecule has 9 heteroatoms. The van der Waals surface area contributed by atoms with E-state index < -0.39 is 10.0 Å². The summed E-state index contributed by atoms with van der Waals surface area (Å²) in [6, 6.07) is 13.7. The minimum Gasteiger partial charge on any atom is -0.352 e. The third-order valence-electron chi connectivity index (χ3n) is 3.85. The predicted molar refractivity (Wildman–Crippen MR) is 111 cm³/mol. The molecule has 1 amide bonds. The first-order valence-corrected chi connectivity index (χ1v) is 11.1. The number of anilines is 1. The van der Waals surface area contributed by atoms with Crippen LogP contribution >= 0.6 is 22.9 Å². The Balaban J connectivity index is 1.56. The van der Waals surface area contributed by atoms with Crippen molar-refractivity contribution in [3.63, 3.8) is 0 Å². The second-order valence-electron chi connectivity index (χ2n) is 6.14. The number of sulfonamides is 1. The summed E-state index contributed by atoms with van der Waals surface area (Å²) in [6.45, 7) is 2.43. The van der Waals surface area contributed by atoms with Crippen molar-refractivity contribution >= 4 is 44.0 Å². The van der Waals surface area contributed by atoms with E-state index >= 15 is 0 Å². The lowest BCUT2D eigenvalue weighted by atomic mass is 10.1. The van der Waals surface area contributed by atoms with Gasteiger partial charge in [0.25, 0.3) is 10.0 Å². The van der Waals surface area contributed by atoms with Crippen LogP contribution in [0, 0.1) is 6.92 Å². The standard InChI is InChI=1S/C19H18ClN3O3S2/c1-13-2-4-14(5-3-13)11-21-18(24)10-16-12-27-19(22-16)23-28(25,26)17-8-6-15(20)7-9-17/h2-9,12H,10-11H2,1H3,(H,21,24)(H,22,23). The van der Waals surface area contributed by atoms with Crippen molar-refractivity contribution in [3.05, 3.63) is 75.8 Å². The summed E-state index contributed by atoms with van der Waals surface area (Å²) in [5, 5.41) is 5.14. The molecule has 0 aliphatic carbocycles. The van der Waals surface area contributed by atoms with Gasteiger partial charge in [-0.3, -0.25) is 9.52 Å². The molecule has 2 N–H and O–H groups in total. The number of aromatic nitrogens is 1. The number of carbonyl (C=O) groups is 1. The van der Waals surface area contributed by atoms with Gasteiger partial charge in [0.1, 0.15) is 0 Å². The van der Waals surface area contributed by atoms with Gasteiger partial charge in [0.2, 0.25) is 5.91 Å². The minimum atomic E-state index is -3.76. The molecule has 3 aromatic rings. The molecule has 3 rings (SSSR count). The van der Waals surface area contributed by atoms with Crippen molar-refractivity contribution in [1.29, 1.82) is 0 Å². The molecule has 1 heterocycles. The average Bonchev–Trinajstić information content (AvgIpc) is 3.07. The maximum atomic E-state index is 12.4. The molecule has 0 spiro atoms. The third kappa shape index (κ3) is 5.54. The van der Waals surface area contributed by atoms with E-state index in [1.165, 1.54) is 24.3 Å². The number of hydrogen-bond acceptors (Lipinski definition) is 5.